The Bertz CT molecular complexity index is 182. The van der Waals surface area contributed by atoms with Crippen molar-refractivity contribution in [3.8, 4) is 0 Å². The summed E-state index contributed by atoms with van der Waals surface area (Å²) in [6.07, 6.45) is 5.57. The van der Waals surface area contributed by atoms with Crippen LogP contribution in [0.2, 0.25) is 0 Å². The molecule has 15 heavy (non-hydrogen) atoms. The zero-order chi connectivity index (χ0) is 10.5. The molecule has 0 aromatic carbocycles. The Morgan fingerprint density at radius 3 is 2.93 bits per heavy atom. The molecule has 1 saturated carbocycles. The van der Waals surface area contributed by atoms with Crippen LogP contribution >= 0.6 is 0 Å². The summed E-state index contributed by atoms with van der Waals surface area (Å²) in [6, 6.07) is 0.610. The average Bonchev–Trinajstić information content (AvgIpc) is 2.99. The van der Waals surface area contributed by atoms with Gasteiger partial charge in [-0.25, -0.2) is 0 Å². The van der Waals surface area contributed by atoms with Crippen molar-refractivity contribution in [2.75, 3.05) is 26.4 Å². The van der Waals surface area contributed by atoms with E-state index >= 15 is 0 Å². The minimum atomic E-state index is 0.511. The molecule has 2 rings (SSSR count). The van der Waals surface area contributed by atoms with Crippen molar-refractivity contribution >= 4 is 0 Å². The Morgan fingerprint density at radius 1 is 1.33 bits per heavy atom. The van der Waals surface area contributed by atoms with E-state index in [1.54, 1.807) is 0 Å². The first-order chi connectivity index (χ1) is 7.42. The quantitative estimate of drug-likeness (QED) is 0.651. The largest absolute Gasteiger partial charge is 0.382 e. The number of ether oxygens (including phenoxy) is 2. The Balaban J connectivity index is 1.57. The van der Waals surface area contributed by atoms with E-state index in [1.165, 1.54) is 19.3 Å². The smallest absolute Gasteiger partial charge is 0.0756 e. The van der Waals surface area contributed by atoms with Crippen molar-refractivity contribution in [3.05, 3.63) is 0 Å². The van der Waals surface area contributed by atoms with E-state index in [0.717, 1.165) is 38.7 Å². The molecule has 1 aliphatic heterocycles. The average molecular weight is 213 g/mol. The monoisotopic (exact) mass is 213 g/mol. The molecule has 3 nitrogen and oxygen atoms in total. The predicted octanol–water partition coefficient (Wildman–Crippen LogP) is 1.57. The highest BCUT2D eigenvalue weighted by molar-refractivity contribution is 4.93. The van der Waals surface area contributed by atoms with Crippen LogP contribution in [0.3, 0.4) is 0 Å². The lowest BCUT2D eigenvalue weighted by molar-refractivity contribution is 0.0801. The van der Waals surface area contributed by atoms with Gasteiger partial charge in [-0.15, -0.1) is 0 Å². The molecule has 2 unspecified atom stereocenters. The molecular formula is C12H23NO2. The Morgan fingerprint density at radius 2 is 2.20 bits per heavy atom. The lowest BCUT2D eigenvalue weighted by atomic mass is 10.1. The van der Waals surface area contributed by atoms with Crippen LogP contribution < -0.4 is 5.32 Å². The van der Waals surface area contributed by atoms with Gasteiger partial charge in [-0.3, -0.25) is 0 Å². The van der Waals surface area contributed by atoms with E-state index in [2.05, 4.69) is 5.32 Å². The van der Waals surface area contributed by atoms with Crippen LogP contribution in [-0.4, -0.2) is 38.5 Å². The molecule has 2 fully saturated rings. The fourth-order valence-electron chi connectivity index (χ4n) is 2.33. The van der Waals surface area contributed by atoms with Crippen LogP contribution in [0.5, 0.6) is 0 Å². The molecule has 0 radical (unpaired) electrons. The fraction of sp³-hybridized carbons (Fsp3) is 1.00. The first-order valence-electron chi connectivity index (χ1n) is 6.34. The summed E-state index contributed by atoms with van der Waals surface area (Å²) in [5, 5.41) is 3.61. The van der Waals surface area contributed by atoms with Gasteiger partial charge in [0.05, 0.1) is 6.10 Å². The molecule has 1 aliphatic carbocycles. The van der Waals surface area contributed by atoms with Crippen molar-refractivity contribution in [1.82, 2.24) is 5.32 Å². The normalized spacial score (nSPS) is 31.0. The van der Waals surface area contributed by atoms with Gasteiger partial charge in [0.25, 0.3) is 0 Å². The third-order valence-electron chi connectivity index (χ3n) is 3.30. The summed E-state index contributed by atoms with van der Waals surface area (Å²) in [7, 11) is 0. The molecule has 88 valence electrons. The van der Waals surface area contributed by atoms with Crippen LogP contribution in [0.1, 0.15) is 32.6 Å². The van der Waals surface area contributed by atoms with Gasteiger partial charge in [-0.2, -0.15) is 0 Å². The van der Waals surface area contributed by atoms with E-state index in [-0.39, 0.29) is 0 Å². The van der Waals surface area contributed by atoms with Gasteiger partial charge in [0.2, 0.25) is 0 Å². The second-order valence-corrected chi connectivity index (χ2v) is 4.57. The van der Waals surface area contributed by atoms with Gasteiger partial charge in [0.1, 0.15) is 0 Å². The van der Waals surface area contributed by atoms with E-state index in [1.807, 2.05) is 6.92 Å². The van der Waals surface area contributed by atoms with Crippen molar-refractivity contribution in [3.63, 3.8) is 0 Å². The fourth-order valence-corrected chi connectivity index (χ4v) is 2.33. The summed E-state index contributed by atoms with van der Waals surface area (Å²) in [5.74, 6) is 0.858. The Labute approximate surface area is 92.5 Å². The van der Waals surface area contributed by atoms with Crippen LogP contribution in [-0.2, 0) is 9.47 Å². The number of hydrogen-bond acceptors (Lipinski definition) is 3. The molecule has 2 atom stereocenters. The van der Waals surface area contributed by atoms with Gasteiger partial charge in [-0.05, 0) is 45.1 Å². The number of rotatable bonds is 7. The van der Waals surface area contributed by atoms with Gasteiger partial charge in [0.15, 0.2) is 0 Å². The Kier molecular flexibility index (Phi) is 4.42. The maximum Gasteiger partial charge on any atom is 0.0756 e. The standard InChI is InChI=1S/C12H23NO2/c1-2-14-8-3-7-13-11-6-9-15-12(11)10-4-5-10/h10-13H,2-9H2,1H3. The summed E-state index contributed by atoms with van der Waals surface area (Å²) in [4.78, 5) is 0. The van der Waals surface area contributed by atoms with Crippen molar-refractivity contribution in [2.24, 2.45) is 5.92 Å². The highest BCUT2D eigenvalue weighted by Gasteiger charge is 2.40. The molecule has 1 N–H and O–H groups in total. The molecular weight excluding hydrogens is 190 g/mol. The van der Waals surface area contributed by atoms with E-state index in [4.69, 9.17) is 9.47 Å². The molecule has 3 heteroatoms. The van der Waals surface area contributed by atoms with Crippen molar-refractivity contribution < 1.29 is 9.47 Å². The first kappa shape index (κ1) is 11.4. The third-order valence-corrected chi connectivity index (χ3v) is 3.30. The Hall–Kier alpha value is -0.120. The minimum Gasteiger partial charge on any atom is -0.382 e. The minimum absolute atomic E-state index is 0.511. The number of nitrogens with one attached hydrogen (secondary N) is 1. The first-order valence-corrected chi connectivity index (χ1v) is 6.34. The van der Waals surface area contributed by atoms with Crippen LogP contribution in [0, 0.1) is 5.92 Å². The van der Waals surface area contributed by atoms with E-state index < -0.39 is 0 Å². The highest BCUT2D eigenvalue weighted by Crippen LogP contribution is 2.38. The zero-order valence-electron chi connectivity index (χ0n) is 9.71. The van der Waals surface area contributed by atoms with E-state index in [9.17, 15) is 0 Å². The predicted molar refractivity (Wildman–Crippen MR) is 60.0 cm³/mol. The summed E-state index contributed by atoms with van der Waals surface area (Å²) in [5.41, 5.74) is 0. The lowest BCUT2D eigenvalue weighted by Gasteiger charge is -2.19. The van der Waals surface area contributed by atoms with Gasteiger partial charge < -0.3 is 14.8 Å². The SMILES string of the molecule is CCOCCCNC1CCOC1C1CC1. The van der Waals surface area contributed by atoms with Crippen LogP contribution in [0.4, 0.5) is 0 Å². The molecule has 1 heterocycles. The van der Waals surface area contributed by atoms with Crippen LogP contribution in [0.25, 0.3) is 0 Å². The maximum absolute atomic E-state index is 5.77. The summed E-state index contributed by atoms with van der Waals surface area (Å²) < 4.78 is 11.1. The molecule has 0 spiro atoms. The molecule has 0 aromatic heterocycles. The van der Waals surface area contributed by atoms with Gasteiger partial charge >= 0.3 is 0 Å². The number of hydrogen-bond donors (Lipinski definition) is 1. The highest BCUT2D eigenvalue weighted by atomic mass is 16.5. The van der Waals surface area contributed by atoms with Crippen molar-refractivity contribution in [1.29, 1.82) is 0 Å². The molecule has 0 amide bonds. The second kappa shape index (κ2) is 5.83. The van der Waals surface area contributed by atoms with Crippen molar-refractivity contribution in [2.45, 2.75) is 44.8 Å². The molecule has 0 bridgehead atoms. The van der Waals surface area contributed by atoms with Gasteiger partial charge in [0, 0.05) is 25.9 Å². The maximum atomic E-state index is 5.77. The molecule has 2 aliphatic rings. The van der Waals surface area contributed by atoms with E-state index in [0.29, 0.717) is 12.1 Å². The summed E-state index contributed by atoms with van der Waals surface area (Å²) >= 11 is 0. The zero-order valence-corrected chi connectivity index (χ0v) is 9.71. The molecule has 0 aromatic rings. The summed E-state index contributed by atoms with van der Waals surface area (Å²) in [6.45, 7) is 5.77. The van der Waals surface area contributed by atoms with Crippen LogP contribution in [0.15, 0.2) is 0 Å². The third kappa shape index (κ3) is 3.44. The second-order valence-electron chi connectivity index (χ2n) is 4.57. The van der Waals surface area contributed by atoms with Gasteiger partial charge in [-0.1, -0.05) is 0 Å². The molecule has 1 saturated heterocycles. The topological polar surface area (TPSA) is 30.5 Å². The lowest BCUT2D eigenvalue weighted by Crippen LogP contribution is -2.38.